The number of nitrogens with one attached hydrogen (secondary N) is 1. The molecule has 1 aromatic heterocycles. The molecule has 0 saturated heterocycles. The number of allylic oxidation sites excluding steroid dienone is 2. The third kappa shape index (κ3) is 2.99. The number of carbonyl (C=O) groups excluding carboxylic acids is 1. The number of Topliss-reactive ketones (excluding diaryl/α,β-unsaturated/α-hetero) is 1. The lowest BCUT2D eigenvalue weighted by atomic mass is 9.78. The molecule has 2 aliphatic rings. The fourth-order valence-electron chi connectivity index (χ4n) is 4.25. The van der Waals surface area contributed by atoms with E-state index in [1.54, 1.807) is 17.9 Å². The molecule has 1 aliphatic carbocycles. The van der Waals surface area contributed by atoms with Crippen molar-refractivity contribution in [3.8, 4) is 5.75 Å². The molecule has 0 saturated carbocycles. The van der Waals surface area contributed by atoms with Crippen molar-refractivity contribution >= 4 is 11.7 Å². The fourth-order valence-corrected chi connectivity index (χ4v) is 4.25. The summed E-state index contributed by atoms with van der Waals surface area (Å²) >= 11 is 0. The zero-order valence-electron chi connectivity index (χ0n) is 15.8. The average molecular weight is 390 g/mol. The lowest BCUT2D eigenvalue weighted by Gasteiger charge is -2.35. The van der Waals surface area contributed by atoms with Crippen LogP contribution in [-0.2, 0) is 4.79 Å². The molecule has 0 radical (unpaired) electrons. The van der Waals surface area contributed by atoms with Gasteiger partial charge in [0.25, 0.3) is 0 Å². The van der Waals surface area contributed by atoms with Crippen molar-refractivity contribution in [3.63, 3.8) is 0 Å². The fraction of sp³-hybridized carbons (Fsp3) is 0.227. The van der Waals surface area contributed by atoms with Crippen molar-refractivity contribution in [1.82, 2.24) is 14.8 Å². The number of rotatable bonds is 3. The summed E-state index contributed by atoms with van der Waals surface area (Å²) in [4.78, 5) is 17.5. The van der Waals surface area contributed by atoms with E-state index in [2.05, 4.69) is 15.4 Å². The highest BCUT2D eigenvalue weighted by Gasteiger charge is 2.39. The molecule has 29 heavy (non-hydrogen) atoms. The number of fused-ring (bicyclic) bond motifs is 1. The van der Waals surface area contributed by atoms with Gasteiger partial charge in [-0.1, -0.05) is 24.3 Å². The third-order valence-electron chi connectivity index (χ3n) is 5.61. The molecule has 5 rings (SSSR count). The molecular weight excluding hydrogens is 371 g/mol. The van der Waals surface area contributed by atoms with Gasteiger partial charge in [-0.15, -0.1) is 0 Å². The van der Waals surface area contributed by atoms with E-state index in [0.29, 0.717) is 29.9 Å². The van der Waals surface area contributed by atoms with Gasteiger partial charge in [-0.2, -0.15) is 10.1 Å². The number of ketones is 1. The maximum absolute atomic E-state index is 13.9. The highest BCUT2D eigenvalue weighted by molar-refractivity contribution is 6.00. The smallest absolute Gasteiger partial charge is 0.226 e. The molecule has 7 heteroatoms. The van der Waals surface area contributed by atoms with Crippen molar-refractivity contribution in [2.45, 2.75) is 24.8 Å². The number of benzene rings is 2. The number of anilines is 1. The van der Waals surface area contributed by atoms with E-state index in [0.717, 1.165) is 17.0 Å². The summed E-state index contributed by atoms with van der Waals surface area (Å²) in [5.74, 6) is 1.09. The zero-order valence-corrected chi connectivity index (χ0v) is 15.8. The molecule has 2 atom stereocenters. The minimum Gasteiger partial charge on any atom is -0.497 e. The molecule has 0 fully saturated rings. The van der Waals surface area contributed by atoms with Crippen LogP contribution in [0.15, 0.2) is 66.1 Å². The number of methoxy groups -OCH3 is 1. The summed E-state index contributed by atoms with van der Waals surface area (Å²) in [6.45, 7) is 0. The second kappa shape index (κ2) is 6.84. The van der Waals surface area contributed by atoms with E-state index >= 15 is 0 Å². The van der Waals surface area contributed by atoms with E-state index in [1.165, 1.54) is 18.5 Å². The van der Waals surface area contributed by atoms with Crippen molar-refractivity contribution in [3.05, 3.63) is 83.1 Å². The van der Waals surface area contributed by atoms with Crippen LogP contribution in [0.2, 0.25) is 0 Å². The van der Waals surface area contributed by atoms with Crippen molar-refractivity contribution < 1.29 is 13.9 Å². The van der Waals surface area contributed by atoms with Crippen molar-refractivity contribution in [2.24, 2.45) is 0 Å². The Hall–Kier alpha value is -3.48. The minimum absolute atomic E-state index is 0.0370. The van der Waals surface area contributed by atoms with Crippen LogP contribution < -0.4 is 10.1 Å². The van der Waals surface area contributed by atoms with Crippen molar-refractivity contribution in [1.29, 1.82) is 0 Å². The normalized spacial score (nSPS) is 20.7. The van der Waals surface area contributed by atoms with Crippen LogP contribution in [-0.4, -0.2) is 27.7 Å². The number of hydrogen-bond acceptors (Lipinski definition) is 5. The molecule has 1 N–H and O–H groups in total. The summed E-state index contributed by atoms with van der Waals surface area (Å²) in [5, 5.41) is 7.56. The molecule has 6 nitrogen and oxygen atoms in total. The van der Waals surface area contributed by atoms with Crippen LogP contribution in [0, 0.1) is 5.82 Å². The Morgan fingerprint density at radius 2 is 1.97 bits per heavy atom. The van der Waals surface area contributed by atoms with E-state index < -0.39 is 6.04 Å². The standard InChI is InChI=1S/C22H19FN4O2/c1-29-17-7-5-13(6-8-17)15-10-18-20(19(28)11-15)21(14-3-2-4-16(23)9-14)27-22(26-18)24-12-25-27/h2-9,12,15,21H,10-11H2,1H3,(H,24,25,26)/t15-,21-/m1/s1. The zero-order chi connectivity index (χ0) is 20.0. The predicted octanol–water partition coefficient (Wildman–Crippen LogP) is 3.84. The Kier molecular flexibility index (Phi) is 4.16. The summed E-state index contributed by atoms with van der Waals surface area (Å²) in [6, 6.07) is 13.6. The first-order chi connectivity index (χ1) is 14.1. The average Bonchev–Trinajstić information content (AvgIpc) is 3.20. The maximum atomic E-state index is 13.9. The van der Waals surface area contributed by atoms with Crippen LogP contribution in [0.25, 0.3) is 0 Å². The molecule has 0 amide bonds. The first-order valence-electron chi connectivity index (χ1n) is 9.46. The minimum atomic E-state index is -0.483. The van der Waals surface area contributed by atoms with Crippen molar-refractivity contribution in [2.75, 3.05) is 12.4 Å². The quantitative estimate of drug-likeness (QED) is 0.736. The lowest BCUT2D eigenvalue weighted by molar-refractivity contribution is -0.116. The molecule has 3 aromatic rings. The highest BCUT2D eigenvalue weighted by atomic mass is 19.1. The Morgan fingerprint density at radius 3 is 2.72 bits per heavy atom. The molecule has 1 aliphatic heterocycles. The summed E-state index contributed by atoms with van der Waals surface area (Å²) < 4.78 is 20.8. The molecule has 2 aromatic carbocycles. The number of hydrogen-bond donors (Lipinski definition) is 1. The second-order valence-electron chi connectivity index (χ2n) is 7.30. The predicted molar refractivity (Wildman–Crippen MR) is 105 cm³/mol. The number of carbonyl (C=O) groups is 1. The summed E-state index contributed by atoms with van der Waals surface area (Å²) in [6.07, 6.45) is 2.51. The Labute approximate surface area is 167 Å². The van der Waals surface area contributed by atoms with Crippen LogP contribution >= 0.6 is 0 Å². The number of aromatic nitrogens is 3. The van der Waals surface area contributed by atoms with Gasteiger partial charge in [0.05, 0.1) is 7.11 Å². The Morgan fingerprint density at radius 1 is 1.14 bits per heavy atom. The first kappa shape index (κ1) is 17.6. The third-order valence-corrected chi connectivity index (χ3v) is 5.61. The SMILES string of the molecule is COc1ccc([C@H]2CC(=O)C3=C(C2)Nc2ncnn2[C@@H]3c2cccc(F)c2)cc1. The van der Waals surface area contributed by atoms with Gasteiger partial charge < -0.3 is 10.1 Å². The van der Waals surface area contributed by atoms with E-state index in [4.69, 9.17) is 4.74 Å². The van der Waals surface area contributed by atoms with Crippen LogP contribution in [0.3, 0.4) is 0 Å². The van der Waals surface area contributed by atoms with Crippen LogP contribution in [0.5, 0.6) is 5.75 Å². The Bertz CT molecular complexity index is 1120. The molecule has 2 heterocycles. The number of nitrogens with zero attached hydrogens (tertiary/aromatic N) is 3. The topological polar surface area (TPSA) is 69.0 Å². The number of halogens is 1. The lowest BCUT2D eigenvalue weighted by Crippen LogP contribution is -2.33. The van der Waals surface area contributed by atoms with Gasteiger partial charge >= 0.3 is 0 Å². The summed E-state index contributed by atoms with van der Waals surface area (Å²) in [5.41, 5.74) is 3.24. The molecule has 0 bridgehead atoms. The van der Waals surface area contributed by atoms with E-state index in [1.807, 2.05) is 30.3 Å². The monoisotopic (exact) mass is 390 g/mol. The second-order valence-corrected chi connectivity index (χ2v) is 7.30. The Balaban J connectivity index is 1.56. The van der Waals surface area contributed by atoms with Gasteiger partial charge in [-0.05, 0) is 47.7 Å². The molecule has 0 unspecified atom stereocenters. The van der Waals surface area contributed by atoms with Crippen LogP contribution in [0.1, 0.15) is 35.9 Å². The number of ether oxygens (including phenoxy) is 1. The van der Waals surface area contributed by atoms with E-state index in [9.17, 15) is 9.18 Å². The highest BCUT2D eigenvalue weighted by Crippen LogP contribution is 2.43. The van der Waals surface area contributed by atoms with E-state index in [-0.39, 0.29) is 17.5 Å². The van der Waals surface area contributed by atoms with Gasteiger partial charge in [-0.3, -0.25) is 4.79 Å². The van der Waals surface area contributed by atoms with Gasteiger partial charge in [0, 0.05) is 17.7 Å². The largest absolute Gasteiger partial charge is 0.497 e. The maximum Gasteiger partial charge on any atom is 0.226 e. The molecule has 146 valence electrons. The van der Waals surface area contributed by atoms with Gasteiger partial charge in [0.1, 0.15) is 23.9 Å². The summed E-state index contributed by atoms with van der Waals surface area (Å²) in [7, 11) is 1.63. The first-order valence-corrected chi connectivity index (χ1v) is 9.46. The van der Waals surface area contributed by atoms with Crippen LogP contribution in [0.4, 0.5) is 10.3 Å². The van der Waals surface area contributed by atoms with Gasteiger partial charge in [0.15, 0.2) is 5.78 Å². The molecule has 0 spiro atoms. The van der Waals surface area contributed by atoms with Gasteiger partial charge in [-0.25, -0.2) is 9.07 Å². The molecular formula is C22H19FN4O2. The van der Waals surface area contributed by atoms with Gasteiger partial charge in [0.2, 0.25) is 5.95 Å².